The smallest absolute Gasteiger partial charge is 0.232 e. The molecule has 1 rings (SSSR count). The van der Waals surface area contributed by atoms with Gasteiger partial charge in [-0.1, -0.05) is 6.08 Å². The van der Waals surface area contributed by atoms with Crippen LogP contribution in [0, 0.1) is 0 Å². The van der Waals surface area contributed by atoms with Gasteiger partial charge in [0.25, 0.3) is 0 Å². The zero-order chi connectivity index (χ0) is 10.2. The lowest BCUT2D eigenvalue weighted by Gasteiger charge is -2.04. The van der Waals surface area contributed by atoms with E-state index in [-0.39, 0.29) is 6.61 Å². The maximum Gasteiger partial charge on any atom is 0.232 e. The Kier molecular flexibility index (Phi) is 4.64. The van der Waals surface area contributed by atoms with Crippen LogP contribution in [0.15, 0.2) is 25.0 Å². The predicted molar refractivity (Wildman–Crippen MR) is 52.9 cm³/mol. The molecule has 0 unspecified atom stereocenters. The SMILES string of the molecule is C=CCCCOc1cncc(CO)n1. The summed E-state index contributed by atoms with van der Waals surface area (Å²) < 4.78 is 5.32. The van der Waals surface area contributed by atoms with Gasteiger partial charge in [-0.25, -0.2) is 4.98 Å². The standard InChI is InChI=1S/C10H14N2O2/c1-2-3-4-5-14-10-7-11-6-9(8-13)12-10/h2,6-7,13H,1,3-5,8H2. The maximum absolute atomic E-state index is 8.80. The summed E-state index contributed by atoms with van der Waals surface area (Å²) in [5.41, 5.74) is 0.520. The molecule has 0 aliphatic rings. The van der Waals surface area contributed by atoms with Gasteiger partial charge >= 0.3 is 0 Å². The molecular formula is C10H14N2O2. The molecule has 76 valence electrons. The summed E-state index contributed by atoms with van der Waals surface area (Å²) in [5.74, 6) is 0.459. The van der Waals surface area contributed by atoms with Gasteiger partial charge < -0.3 is 9.84 Å². The predicted octanol–water partition coefficient (Wildman–Crippen LogP) is 1.31. The van der Waals surface area contributed by atoms with Gasteiger partial charge in [0.2, 0.25) is 5.88 Å². The van der Waals surface area contributed by atoms with E-state index < -0.39 is 0 Å². The van der Waals surface area contributed by atoms with Gasteiger partial charge in [0.15, 0.2) is 0 Å². The number of aliphatic hydroxyl groups excluding tert-OH is 1. The highest BCUT2D eigenvalue weighted by Crippen LogP contribution is 2.05. The molecule has 0 aliphatic heterocycles. The minimum absolute atomic E-state index is 0.114. The van der Waals surface area contributed by atoms with Crippen molar-refractivity contribution in [1.82, 2.24) is 9.97 Å². The van der Waals surface area contributed by atoms with Crippen molar-refractivity contribution < 1.29 is 9.84 Å². The van der Waals surface area contributed by atoms with E-state index in [1.165, 1.54) is 12.4 Å². The van der Waals surface area contributed by atoms with Crippen molar-refractivity contribution in [3.63, 3.8) is 0 Å². The van der Waals surface area contributed by atoms with Gasteiger partial charge in [-0.05, 0) is 12.8 Å². The molecule has 4 heteroatoms. The maximum atomic E-state index is 8.80. The highest BCUT2D eigenvalue weighted by Gasteiger charge is 1.97. The number of ether oxygens (including phenoxy) is 1. The Morgan fingerprint density at radius 2 is 2.36 bits per heavy atom. The Bertz CT molecular complexity index is 289. The van der Waals surface area contributed by atoms with Crippen LogP contribution in [0.2, 0.25) is 0 Å². The molecule has 0 atom stereocenters. The van der Waals surface area contributed by atoms with Gasteiger partial charge in [0.05, 0.1) is 31.3 Å². The van der Waals surface area contributed by atoms with E-state index in [4.69, 9.17) is 9.84 Å². The van der Waals surface area contributed by atoms with Crippen LogP contribution in [-0.4, -0.2) is 21.7 Å². The fourth-order valence-corrected chi connectivity index (χ4v) is 0.936. The van der Waals surface area contributed by atoms with Crippen LogP contribution in [-0.2, 0) is 6.61 Å². The largest absolute Gasteiger partial charge is 0.477 e. The van der Waals surface area contributed by atoms with Crippen LogP contribution in [0.1, 0.15) is 18.5 Å². The molecule has 0 saturated heterocycles. The molecule has 1 aromatic heterocycles. The molecule has 0 saturated carbocycles. The summed E-state index contributed by atoms with van der Waals surface area (Å²) >= 11 is 0. The fraction of sp³-hybridized carbons (Fsp3) is 0.400. The Balaban J connectivity index is 2.38. The monoisotopic (exact) mass is 194 g/mol. The topological polar surface area (TPSA) is 55.2 Å². The van der Waals surface area contributed by atoms with Gasteiger partial charge in [0.1, 0.15) is 0 Å². The molecule has 0 bridgehead atoms. The lowest BCUT2D eigenvalue weighted by Crippen LogP contribution is -2.01. The van der Waals surface area contributed by atoms with Crippen LogP contribution in [0.25, 0.3) is 0 Å². The molecule has 0 radical (unpaired) electrons. The first-order chi connectivity index (χ1) is 6.86. The summed E-state index contributed by atoms with van der Waals surface area (Å²) in [4.78, 5) is 7.92. The molecule has 1 N–H and O–H groups in total. The van der Waals surface area contributed by atoms with E-state index in [0.29, 0.717) is 18.2 Å². The lowest BCUT2D eigenvalue weighted by atomic mass is 10.3. The Hall–Kier alpha value is -1.42. The third-order valence-corrected chi connectivity index (χ3v) is 1.63. The van der Waals surface area contributed by atoms with Crippen molar-refractivity contribution in [3.05, 3.63) is 30.7 Å². The second-order valence-electron chi connectivity index (χ2n) is 2.79. The molecule has 0 fully saturated rings. The average molecular weight is 194 g/mol. The second kappa shape index (κ2) is 6.10. The average Bonchev–Trinajstić information content (AvgIpc) is 2.25. The van der Waals surface area contributed by atoms with Gasteiger partial charge in [0, 0.05) is 0 Å². The molecule has 14 heavy (non-hydrogen) atoms. The van der Waals surface area contributed by atoms with E-state index >= 15 is 0 Å². The first-order valence-corrected chi connectivity index (χ1v) is 4.52. The number of rotatable bonds is 6. The first kappa shape index (κ1) is 10.7. The zero-order valence-corrected chi connectivity index (χ0v) is 8.02. The van der Waals surface area contributed by atoms with E-state index in [1.54, 1.807) is 0 Å². The second-order valence-corrected chi connectivity index (χ2v) is 2.79. The normalized spacial score (nSPS) is 9.79. The number of nitrogens with zero attached hydrogens (tertiary/aromatic N) is 2. The van der Waals surface area contributed by atoms with Crippen molar-refractivity contribution in [2.24, 2.45) is 0 Å². The minimum atomic E-state index is -0.114. The van der Waals surface area contributed by atoms with Crippen LogP contribution in [0.5, 0.6) is 5.88 Å². The fourth-order valence-electron chi connectivity index (χ4n) is 0.936. The molecule has 0 spiro atoms. The molecular weight excluding hydrogens is 180 g/mol. The minimum Gasteiger partial charge on any atom is -0.477 e. The molecule has 4 nitrogen and oxygen atoms in total. The zero-order valence-electron chi connectivity index (χ0n) is 8.02. The van der Waals surface area contributed by atoms with Crippen molar-refractivity contribution in [2.45, 2.75) is 19.4 Å². The van der Waals surface area contributed by atoms with E-state index in [2.05, 4.69) is 16.5 Å². The quantitative estimate of drug-likeness (QED) is 0.548. The number of aliphatic hydroxyl groups is 1. The Morgan fingerprint density at radius 1 is 1.50 bits per heavy atom. The van der Waals surface area contributed by atoms with E-state index in [1.807, 2.05) is 6.08 Å². The van der Waals surface area contributed by atoms with Gasteiger partial charge in [-0.2, -0.15) is 0 Å². The number of hydrogen-bond acceptors (Lipinski definition) is 4. The van der Waals surface area contributed by atoms with Crippen molar-refractivity contribution in [2.75, 3.05) is 6.61 Å². The molecule has 1 heterocycles. The number of unbranched alkanes of at least 4 members (excludes halogenated alkanes) is 1. The highest BCUT2D eigenvalue weighted by atomic mass is 16.5. The van der Waals surface area contributed by atoms with Crippen LogP contribution in [0.3, 0.4) is 0 Å². The van der Waals surface area contributed by atoms with Crippen molar-refractivity contribution >= 4 is 0 Å². The van der Waals surface area contributed by atoms with Gasteiger partial charge in [-0.3, -0.25) is 4.98 Å². The summed E-state index contributed by atoms with van der Waals surface area (Å²) in [7, 11) is 0. The molecule has 0 amide bonds. The van der Waals surface area contributed by atoms with E-state index in [0.717, 1.165) is 12.8 Å². The molecule has 1 aromatic rings. The summed E-state index contributed by atoms with van der Waals surface area (Å²) in [6, 6.07) is 0. The Labute approximate surface area is 83.3 Å². The summed E-state index contributed by atoms with van der Waals surface area (Å²) in [5, 5.41) is 8.80. The summed E-state index contributed by atoms with van der Waals surface area (Å²) in [6.45, 7) is 4.09. The number of allylic oxidation sites excluding steroid dienone is 1. The van der Waals surface area contributed by atoms with Crippen molar-refractivity contribution in [1.29, 1.82) is 0 Å². The van der Waals surface area contributed by atoms with Crippen molar-refractivity contribution in [3.8, 4) is 5.88 Å². The third-order valence-electron chi connectivity index (χ3n) is 1.63. The molecule has 0 aliphatic carbocycles. The van der Waals surface area contributed by atoms with Crippen LogP contribution >= 0.6 is 0 Å². The number of hydrogen-bond donors (Lipinski definition) is 1. The number of aromatic nitrogens is 2. The van der Waals surface area contributed by atoms with E-state index in [9.17, 15) is 0 Å². The van der Waals surface area contributed by atoms with Crippen LogP contribution in [0.4, 0.5) is 0 Å². The molecule has 0 aromatic carbocycles. The third kappa shape index (κ3) is 3.53. The summed E-state index contributed by atoms with van der Waals surface area (Å²) in [6.07, 6.45) is 6.73. The van der Waals surface area contributed by atoms with Crippen LogP contribution < -0.4 is 4.74 Å². The highest BCUT2D eigenvalue weighted by molar-refractivity contribution is 5.07. The lowest BCUT2D eigenvalue weighted by molar-refractivity contribution is 0.266. The Morgan fingerprint density at radius 3 is 3.07 bits per heavy atom. The van der Waals surface area contributed by atoms with Gasteiger partial charge in [-0.15, -0.1) is 6.58 Å². The first-order valence-electron chi connectivity index (χ1n) is 4.52.